The lowest BCUT2D eigenvalue weighted by molar-refractivity contribution is 0.0132. The third-order valence-electron chi connectivity index (χ3n) is 3.46. The highest BCUT2D eigenvalue weighted by atomic mass is 16.6. The van der Waals surface area contributed by atoms with E-state index in [2.05, 4.69) is 0 Å². The van der Waals surface area contributed by atoms with Gasteiger partial charge >= 0.3 is 0 Å². The molecule has 0 spiro atoms. The molecule has 4 nitrogen and oxygen atoms in total. The molecule has 0 aromatic heterocycles. The highest BCUT2D eigenvalue weighted by Crippen LogP contribution is 2.37. The monoisotopic (exact) mass is 216 g/mol. The van der Waals surface area contributed by atoms with Crippen LogP contribution in [0.1, 0.15) is 20.3 Å². The zero-order valence-corrected chi connectivity index (χ0v) is 9.30. The quantitative estimate of drug-likeness (QED) is 0.621. The first-order valence-corrected chi connectivity index (χ1v) is 5.69. The maximum Gasteiger partial charge on any atom is 0.0863 e. The summed E-state index contributed by atoms with van der Waals surface area (Å²) < 4.78 is 10.6. The summed E-state index contributed by atoms with van der Waals surface area (Å²) in [6.45, 7) is 5.07. The van der Waals surface area contributed by atoms with E-state index in [9.17, 15) is 10.2 Å². The lowest BCUT2D eigenvalue weighted by Gasteiger charge is -2.26. The summed E-state index contributed by atoms with van der Waals surface area (Å²) in [7, 11) is 0. The molecule has 2 aliphatic heterocycles. The molecule has 0 aromatic rings. The molecule has 0 aliphatic carbocycles. The summed E-state index contributed by atoms with van der Waals surface area (Å²) in [6, 6.07) is 0. The summed E-state index contributed by atoms with van der Waals surface area (Å²) in [6.07, 6.45) is 0.398. The normalized spacial score (nSPS) is 36.8. The highest BCUT2D eigenvalue weighted by molar-refractivity contribution is 4.92. The first kappa shape index (κ1) is 11.3. The van der Waals surface area contributed by atoms with Gasteiger partial charge in [-0.05, 0) is 20.3 Å². The number of aliphatic hydroxyl groups is 2. The minimum absolute atomic E-state index is 0.0802. The van der Waals surface area contributed by atoms with Gasteiger partial charge in [0.05, 0.1) is 37.6 Å². The Balaban J connectivity index is 1.90. The summed E-state index contributed by atoms with van der Waals surface area (Å²) >= 11 is 0. The lowest BCUT2D eigenvalue weighted by atomic mass is 9.84. The van der Waals surface area contributed by atoms with Gasteiger partial charge in [0.2, 0.25) is 0 Å². The molecular formula is C11H20O4. The zero-order valence-electron chi connectivity index (χ0n) is 9.30. The van der Waals surface area contributed by atoms with Crippen LogP contribution in [0.5, 0.6) is 0 Å². The Morgan fingerprint density at radius 1 is 1.07 bits per heavy atom. The van der Waals surface area contributed by atoms with E-state index in [0.717, 1.165) is 19.6 Å². The fourth-order valence-electron chi connectivity index (χ4n) is 2.26. The van der Waals surface area contributed by atoms with Gasteiger partial charge in [0.1, 0.15) is 0 Å². The molecule has 0 aromatic carbocycles. The average Bonchev–Trinajstić information content (AvgIpc) is 2.99. The van der Waals surface area contributed by atoms with E-state index >= 15 is 0 Å². The molecule has 2 N–H and O–H groups in total. The zero-order chi connectivity index (χ0) is 11.0. The molecule has 0 amide bonds. The molecule has 0 bridgehead atoms. The molecule has 2 saturated heterocycles. The molecule has 88 valence electrons. The van der Waals surface area contributed by atoms with Crippen LogP contribution in [0.2, 0.25) is 0 Å². The molecule has 4 atom stereocenters. The Labute approximate surface area is 90.2 Å². The van der Waals surface area contributed by atoms with E-state index in [1.54, 1.807) is 13.8 Å². The lowest BCUT2D eigenvalue weighted by Crippen LogP contribution is -2.32. The van der Waals surface area contributed by atoms with Crippen LogP contribution in [-0.2, 0) is 9.47 Å². The van der Waals surface area contributed by atoms with Gasteiger partial charge in [0, 0.05) is 11.8 Å². The van der Waals surface area contributed by atoms with Crippen molar-refractivity contribution in [2.75, 3.05) is 13.2 Å². The van der Waals surface area contributed by atoms with E-state index in [0.29, 0.717) is 5.92 Å². The molecule has 4 heteroatoms. The Hall–Kier alpha value is -0.160. The number of epoxide rings is 2. The van der Waals surface area contributed by atoms with Crippen molar-refractivity contribution in [2.45, 2.75) is 44.7 Å². The SMILES string of the molecule is CC(O)C(CC(C1CO1)C1CO1)C(C)O. The van der Waals surface area contributed by atoms with Crippen molar-refractivity contribution < 1.29 is 19.7 Å². The van der Waals surface area contributed by atoms with Crippen LogP contribution in [0.15, 0.2) is 0 Å². The van der Waals surface area contributed by atoms with Crippen molar-refractivity contribution in [2.24, 2.45) is 11.8 Å². The van der Waals surface area contributed by atoms with Crippen molar-refractivity contribution in [3.05, 3.63) is 0 Å². The number of hydrogen-bond donors (Lipinski definition) is 2. The Morgan fingerprint density at radius 3 is 1.73 bits per heavy atom. The number of hydrogen-bond acceptors (Lipinski definition) is 4. The Morgan fingerprint density at radius 2 is 1.47 bits per heavy atom. The van der Waals surface area contributed by atoms with Crippen LogP contribution in [-0.4, -0.2) is 47.8 Å². The Kier molecular flexibility index (Phi) is 3.30. The van der Waals surface area contributed by atoms with E-state index in [-0.39, 0.29) is 18.1 Å². The second-order valence-electron chi connectivity index (χ2n) is 4.79. The summed E-state index contributed by atoms with van der Waals surface area (Å²) in [5.41, 5.74) is 0. The van der Waals surface area contributed by atoms with Gasteiger partial charge < -0.3 is 19.7 Å². The predicted octanol–water partition coefficient (Wildman–Crippen LogP) is 0.168. The molecule has 2 heterocycles. The molecule has 2 fully saturated rings. The van der Waals surface area contributed by atoms with Gasteiger partial charge in [-0.1, -0.05) is 0 Å². The third kappa shape index (κ3) is 2.91. The molecule has 4 unspecified atom stereocenters. The number of rotatable bonds is 6. The fourth-order valence-corrected chi connectivity index (χ4v) is 2.26. The topological polar surface area (TPSA) is 65.5 Å². The van der Waals surface area contributed by atoms with Gasteiger partial charge in [-0.15, -0.1) is 0 Å². The van der Waals surface area contributed by atoms with Crippen molar-refractivity contribution in [3.8, 4) is 0 Å². The molecule has 15 heavy (non-hydrogen) atoms. The molecule has 2 aliphatic rings. The molecule has 0 radical (unpaired) electrons. The van der Waals surface area contributed by atoms with Gasteiger partial charge in [0.15, 0.2) is 0 Å². The predicted molar refractivity (Wildman–Crippen MR) is 54.4 cm³/mol. The highest BCUT2D eigenvalue weighted by Gasteiger charge is 2.45. The van der Waals surface area contributed by atoms with Crippen molar-refractivity contribution in [3.63, 3.8) is 0 Å². The second-order valence-corrected chi connectivity index (χ2v) is 4.79. The van der Waals surface area contributed by atoms with E-state index in [1.807, 2.05) is 0 Å². The smallest absolute Gasteiger partial charge is 0.0863 e. The van der Waals surface area contributed by atoms with Crippen LogP contribution >= 0.6 is 0 Å². The van der Waals surface area contributed by atoms with Crippen LogP contribution in [0.25, 0.3) is 0 Å². The van der Waals surface area contributed by atoms with E-state index in [4.69, 9.17) is 9.47 Å². The van der Waals surface area contributed by atoms with Crippen LogP contribution < -0.4 is 0 Å². The van der Waals surface area contributed by atoms with E-state index in [1.165, 1.54) is 0 Å². The van der Waals surface area contributed by atoms with Gasteiger partial charge in [0.25, 0.3) is 0 Å². The second kappa shape index (κ2) is 4.37. The van der Waals surface area contributed by atoms with Gasteiger partial charge in [-0.2, -0.15) is 0 Å². The van der Waals surface area contributed by atoms with E-state index < -0.39 is 12.2 Å². The molecular weight excluding hydrogens is 196 g/mol. The largest absolute Gasteiger partial charge is 0.393 e. The first-order valence-electron chi connectivity index (χ1n) is 5.69. The fraction of sp³-hybridized carbons (Fsp3) is 1.00. The maximum atomic E-state index is 9.59. The van der Waals surface area contributed by atoms with Crippen LogP contribution in [0.3, 0.4) is 0 Å². The van der Waals surface area contributed by atoms with Gasteiger partial charge in [-0.25, -0.2) is 0 Å². The summed E-state index contributed by atoms with van der Waals surface area (Å²) in [4.78, 5) is 0. The number of ether oxygens (including phenoxy) is 2. The number of aliphatic hydroxyl groups excluding tert-OH is 2. The van der Waals surface area contributed by atoms with Crippen molar-refractivity contribution in [1.29, 1.82) is 0 Å². The maximum absolute atomic E-state index is 9.59. The van der Waals surface area contributed by atoms with Crippen molar-refractivity contribution >= 4 is 0 Å². The van der Waals surface area contributed by atoms with Crippen LogP contribution in [0, 0.1) is 11.8 Å². The standard InChI is InChI=1S/C11H20O4/c1-6(12)8(7(2)13)3-9(10-4-14-10)11-5-15-11/h6-13H,3-5H2,1-2H3. The molecule has 2 rings (SSSR count). The summed E-state index contributed by atoms with van der Waals surface area (Å²) in [5, 5.41) is 19.2. The van der Waals surface area contributed by atoms with Crippen LogP contribution in [0.4, 0.5) is 0 Å². The minimum atomic E-state index is -0.481. The third-order valence-corrected chi connectivity index (χ3v) is 3.46. The average molecular weight is 216 g/mol. The van der Waals surface area contributed by atoms with Crippen molar-refractivity contribution in [1.82, 2.24) is 0 Å². The Bertz CT molecular complexity index is 183. The minimum Gasteiger partial charge on any atom is -0.393 e. The van der Waals surface area contributed by atoms with Gasteiger partial charge in [-0.3, -0.25) is 0 Å². The summed E-state index contributed by atoms with van der Waals surface area (Å²) in [5.74, 6) is 0.266. The molecule has 0 saturated carbocycles. The first-order chi connectivity index (χ1) is 7.09.